The average Bonchev–Trinajstić information content (AvgIpc) is 1.52. The summed E-state index contributed by atoms with van der Waals surface area (Å²) in [6, 6.07) is 60.6. The lowest BCUT2D eigenvalue weighted by atomic mass is 10.1. The van der Waals surface area contributed by atoms with Gasteiger partial charge in [-0.15, -0.1) is 45.7 Å². The lowest BCUT2D eigenvalue weighted by Gasteiger charge is -2.01. The van der Waals surface area contributed by atoms with Crippen molar-refractivity contribution in [1.29, 1.82) is 0 Å². The number of fused-ring (bicyclic) bond motifs is 21. The Morgan fingerprint density at radius 2 is 0.906 bits per heavy atom. The molecule has 14 aromatic heterocycles. The van der Waals surface area contributed by atoms with Crippen LogP contribution < -0.4 is 54.8 Å². The van der Waals surface area contributed by atoms with Crippen molar-refractivity contribution in [2.45, 2.75) is 39.9 Å². The van der Waals surface area contributed by atoms with E-state index in [1.165, 1.54) is 96.0 Å². The third-order valence-electron chi connectivity index (χ3n) is 20.7. The highest BCUT2D eigenvalue weighted by atomic mass is 15.4. The van der Waals surface area contributed by atoms with Gasteiger partial charge in [-0.2, -0.15) is 28.5 Å². The summed E-state index contributed by atoms with van der Waals surface area (Å²) >= 11 is 0. The van der Waals surface area contributed by atoms with E-state index in [9.17, 15) is 0 Å². The maximum atomic E-state index is 4.74. The van der Waals surface area contributed by atoms with Crippen molar-refractivity contribution >= 4 is 38.6 Å². The number of nitrogens with zero attached hydrogens (tertiary/aromatic N) is 24. The molecule has 0 saturated carbocycles. The highest BCUT2D eigenvalue weighted by Crippen LogP contribution is 2.35. The number of rotatable bonds is 3. The third-order valence-corrected chi connectivity index (χ3v) is 20.7. The van der Waals surface area contributed by atoms with Gasteiger partial charge in [0.05, 0.1) is 66.5 Å². The SMILES string of the molecule is C[n+]1ccc[n+]2c1-c1cc(-c3ccccc3)nn1C2.C[n+]1ccc[n+]2c1-c1ccnn1C2.C[n+]1ccc[n+]2c1-c1cnc(-c3ccccc3)n1C2.C[n+]1ccc[n+]2c1-c1cncn1C2.C[n+]1ccc[n+]2c1-c1ncc(-c3ccccc3)n1C2.C[n+]1cccc2c1c1nccc3c1c1n2c2ccccc2[n+]1C3. The van der Waals surface area contributed by atoms with Crippen molar-refractivity contribution in [1.82, 2.24) is 57.6 Å². The number of benzene rings is 4. The van der Waals surface area contributed by atoms with Gasteiger partial charge < -0.3 is 0 Å². The van der Waals surface area contributed by atoms with Gasteiger partial charge in [-0.05, 0) is 35.9 Å². The molecule has 0 unspecified atom stereocenters. The van der Waals surface area contributed by atoms with Crippen molar-refractivity contribution in [3.63, 3.8) is 0 Å². The van der Waals surface area contributed by atoms with E-state index >= 15 is 0 Å². The first-order valence-corrected chi connectivity index (χ1v) is 35.4. The summed E-state index contributed by atoms with van der Waals surface area (Å²) < 4.78 is 39.3. The minimum absolute atomic E-state index is 0.784. The number of pyridine rings is 3. The van der Waals surface area contributed by atoms with Crippen LogP contribution in [0, 0.1) is 0 Å². The second-order valence-electron chi connectivity index (χ2n) is 27.2. The van der Waals surface area contributed by atoms with Gasteiger partial charge >= 0.3 is 29.1 Å². The van der Waals surface area contributed by atoms with Gasteiger partial charge in [0.15, 0.2) is 84.7 Å². The fourth-order valence-electron chi connectivity index (χ4n) is 15.9. The monoisotopic (exact) mass is 1400 g/mol. The molecule has 0 radical (unpaired) electrons. The van der Waals surface area contributed by atoms with Crippen LogP contribution in [-0.4, -0.2) is 57.6 Å². The molecule has 0 amide bonds. The molecule has 106 heavy (non-hydrogen) atoms. The van der Waals surface area contributed by atoms with Crippen LogP contribution in [0.5, 0.6) is 0 Å². The Morgan fingerprint density at radius 3 is 1.59 bits per heavy atom. The number of aryl methyl sites for hydroxylation is 6. The fourth-order valence-corrected chi connectivity index (χ4v) is 15.9. The van der Waals surface area contributed by atoms with Gasteiger partial charge in [0.1, 0.15) is 66.4 Å². The third kappa shape index (κ3) is 10.5. The van der Waals surface area contributed by atoms with E-state index in [-0.39, 0.29) is 0 Å². The Morgan fingerprint density at radius 1 is 0.377 bits per heavy atom. The molecular formula is C82H76N24+12. The zero-order chi connectivity index (χ0) is 71.3. The van der Waals surface area contributed by atoms with Crippen molar-refractivity contribution in [3.8, 4) is 91.6 Å². The van der Waals surface area contributed by atoms with Crippen LogP contribution in [0.3, 0.4) is 0 Å². The average molecular weight is 1400 g/mol. The van der Waals surface area contributed by atoms with Crippen LogP contribution in [0.15, 0.2) is 281 Å². The van der Waals surface area contributed by atoms with Crippen LogP contribution in [0.1, 0.15) is 5.56 Å². The van der Waals surface area contributed by atoms with Crippen molar-refractivity contribution in [2.24, 2.45) is 42.3 Å². The van der Waals surface area contributed by atoms with E-state index < -0.39 is 0 Å². The summed E-state index contributed by atoms with van der Waals surface area (Å²) in [7, 11) is 12.4. The minimum atomic E-state index is 0.784. The molecule has 0 bridgehead atoms. The number of para-hydroxylation sites is 2. The maximum absolute atomic E-state index is 4.74. The standard InChI is InChI=1S/C19H14N4.3C15H14N4.2C9H10N4/c1-21-10-4-7-15-18(21)17-16-12(8-9-20-17)11-22-13-5-2-3-6-14(13)23(15)19(16)22;1-17-8-5-9-18-11-19-13(15(17)18)10-16-14(19)12-6-3-2-4-7-12;1-17-8-5-9-18-11-19-13(10-16-14(19)15(17)18)12-6-3-2-4-7-12;1-17-8-5-9-18-11-19-14(15(17)18)10-13(16-19)12-6-3-2-4-7-12;1-11-5-2-6-12-7-13-8(9(11)12)3-4-10-13;1-11-3-2-4-12-7-13-6-10-5-8(13)9(11)12/h2-10H,11H2,1H3;3*2-10H,11H2,1H3;2*2-6H,7H2,1H3/q6*+2. The number of hydrogen-bond acceptors (Lipinski definition) is 6. The quantitative estimate of drug-likeness (QED) is 0.185. The molecule has 4 aromatic carbocycles. The molecule has 0 spiro atoms. The van der Waals surface area contributed by atoms with E-state index in [1.807, 2.05) is 109 Å². The first kappa shape index (κ1) is 63.1. The molecule has 24 heteroatoms. The molecule has 0 N–H and O–H groups in total. The van der Waals surface area contributed by atoms with Crippen molar-refractivity contribution in [2.75, 3.05) is 0 Å². The van der Waals surface area contributed by atoms with Crippen LogP contribution in [0.2, 0.25) is 0 Å². The lowest BCUT2D eigenvalue weighted by Crippen LogP contribution is -2.45. The van der Waals surface area contributed by atoms with E-state index in [0.717, 1.165) is 79.7 Å². The molecule has 0 saturated heterocycles. The smallest absolute Gasteiger partial charge is 0.262 e. The highest BCUT2D eigenvalue weighted by molar-refractivity contribution is 6.09. The van der Waals surface area contributed by atoms with Crippen LogP contribution in [0.25, 0.3) is 130 Å². The molecular weight excluding hydrogens is 1320 g/mol. The van der Waals surface area contributed by atoms with Gasteiger partial charge in [0.2, 0.25) is 61.6 Å². The second-order valence-corrected chi connectivity index (χ2v) is 27.2. The van der Waals surface area contributed by atoms with E-state index in [2.05, 4.69) is 317 Å². The predicted octanol–water partition coefficient (Wildman–Crippen LogP) is 4.68. The highest BCUT2D eigenvalue weighted by Gasteiger charge is 2.42. The van der Waals surface area contributed by atoms with Gasteiger partial charge in [-0.25, -0.2) is 24.5 Å². The largest absolute Gasteiger partial charge is 0.489 e. The molecule has 6 aliphatic heterocycles. The zero-order valence-electron chi connectivity index (χ0n) is 59.5. The summed E-state index contributed by atoms with van der Waals surface area (Å²) in [6.45, 7) is 5.05. The van der Waals surface area contributed by atoms with Crippen LogP contribution in [0.4, 0.5) is 0 Å². The van der Waals surface area contributed by atoms with Crippen LogP contribution in [-0.2, 0) is 82.2 Å². The Balaban J connectivity index is 0.0000000880. The minimum Gasteiger partial charge on any atom is -0.262 e. The molecule has 0 aliphatic carbocycles. The molecule has 512 valence electrons. The van der Waals surface area contributed by atoms with Gasteiger partial charge in [-0.1, -0.05) is 103 Å². The van der Waals surface area contributed by atoms with E-state index in [0.29, 0.717) is 0 Å². The topological polar surface area (TPSA) is 153 Å². The first-order chi connectivity index (χ1) is 52.1. The first-order valence-electron chi connectivity index (χ1n) is 35.4. The number of imidazole rings is 4. The summed E-state index contributed by atoms with van der Waals surface area (Å²) in [5.41, 5.74) is 19.1. The Kier molecular flexibility index (Phi) is 15.2. The second kappa shape index (κ2) is 25.6. The van der Waals surface area contributed by atoms with Gasteiger partial charge in [0, 0.05) is 35.0 Å². The lowest BCUT2D eigenvalue weighted by molar-refractivity contribution is -0.793. The van der Waals surface area contributed by atoms with E-state index in [4.69, 9.17) is 10.1 Å². The fraction of sp³-hybridized carbons (Fsp3) is 0.146. The Hall–Kier alpha value is -13.9. The normalized spacial score (nSPS) is 12.6. The Labute approximate surface area is 608 Å². The molecule has 24 rings (SSSR count). The summed E-state index contributed by atoms with van der Waals surface area (Å²) in [5, 5.41) is 10.2. The number of hydrogen-bond donors (Lipinski definition) is 0. The van der Waals surface area contributed by atoms with Crippen LogP contribution >= 0.6 is 0 Å². The van der Waals surface area contributed by atoms with Crippen molar-refractivity contribution in [3.05, 3.63) is 287 Å². The molecule has 18 aromatic rings. The summed E-state index contributed by atoms with van der Waals surface area (Å²) in [6.07, 6.45) is 34.3. The predicted molar refractivity (Wildman–Crippen MR) is 387 cm³/mol. The molecule has 0 atom stereocenters. The maximum Gasteiger partial charge on any atom is 0.489 e. The molecule has 0 fully saturated rings. The number of aromatic nitrogens is 24. The molecule has 24 nitrogen and oxygen atoms in total. The van der Waals surface area contributed by atoms with Gasteiger partial charge in [0.25, 0.3) is 17.0 Å². The zero-order valence-corrected chi connectivity index (χ0v) is 59.5. The molecule has 6 aliphatic rings. The van der Waals surface area contributed by atoms with Crippen molar-refractivity contribution < 1.29 is 54.8 Å². The Bertz CT molecular complexity index is 6260. The van der Waals surface area contributed by atoms with E-state index in [1.54, 1.807) is 0 Å². The summed E-state index contributed by atoms with van der Waals surface area (Å²) in [4.78, 5) is 18.0. The molecule has 20 heterocycles. The van der Waals surface area contributed by atoms with Gasteiger partial charge in [-0.3, -0.25) is 13.7 Å². The summed E-state index contributed by atoms with van der Waals surface area (Å²) in [5.74, 6) is 8.00.